The smallest absolute Gasteiger partial charge is 0.291 e. The second-order valence-electron chi connectivity index (χ2n) is 6.03. The molecule has 136 valence electrons. The van der Waals surface area contributed by atoms with E-state index in [1.54, 1.807) is 20.3 Å². The Balaban J connectivity index is 1.76. The number of ether oxygens (including phenoxy) is 2. The van der Waals surface area contributed by atoms with Crippen molar-refractivity contribution in [2.45, 2.75) is 6.92 Å². The summed E-state index contributed by atoms with van der Waals surface area (Å²) < 4.78 is 12.5. The van der Waals surface area contributed by atoms with Gasteiger partial charge in [-0.15, -0.1) is 5.10 Å². The summed E-state index contributed by atoms with van der Waals surface area (Å²) in [6.45, 7) is 2.02. The van der Waals surface area contributed by atoms with Gasteiger partial charge in [-0.3, -0.25) is 4.79 Å². The van der Waals surface area contributed by atoms with E-state index in [9.17, 15) is 4.79 Å². The first-order valence-electron chi connectivity index (χ1n) is 8.29. The molecule has 2 aromatic carbocycles. The molecule has 0 saturated heterocycles. The highest BCUT2D eigenvalue weighted by molar-refractivity contribution is 7.15. The first-order chi connectivity index (χ1) is 13.1. The van der Waals surface area contributed by atoms with Crippen LogP contribution < -0.4 is 19.6 Å². The lowest BCUT2D eigenvalue weighted by molar-refractivity contribution is 0.355. The van der Waals surface area contributed by atoms with Crippen molar-refractivity contribution in [2.24, 2.45) is 0 Å². The zero-order valence-corrected chi connectivity index (χ0v) is 15.9. The largest absolute Gasteiger partial charge is 0.493 e. The Hall–Kier alpha value is -3.19. The van der Waals surface area contributed by atoms with E-state index in [4.69, 9.17) is 9.47 Å². The fourth-order valence-electron chi connectivity index (χ4n) is 2.75. The van der Waals surface area contributed by atoms with Gasteiger partial charge in [0.2, 0.25) is 4.96 Å². The van der Waals surface area contributed by atoms with E-state index in [1.807, 2.05) is 49.4 Å². The zero-order chi connectivity index (χ0) is 19.0. The lowest BCUT2D eigenvalue weighted by Crippen LogP contribution is -2.23. The standard InChI is InChI=1S/C20H17N3O3S/c1-12-4-7-14(8-5-12)18-21-20-23(22-18)19(24)17(27-20)11-13-6-9-15(25-2)16(10-13)26-3/h4-11H,1-3H3. The van der Waals surface area contributed by atoms with Gasteiger partial charge in [0.1, 0.15) is 0 Å². The van der Waals surface area contributed by atoms with Crippen molar-refractivity contribution >= 4 is 22.4 Å². The van der Waals surface area contributed by atoms with E-state index in [0.717, 1.165) is 16.7 Å². The van der Waals surface area contributed by atoms with Crippen LogP contribution in [0.15, 0.2) is 47.3 Å². The Morgan fingerprint density at radius 2 is 1.78 bits per heavy atom. The maximum atomic E-state index is 12.7. The number of hydrogen-bond acceptors (Lipinski definition) is 6. The molecule has 0 radical (unpaired) electrons. The van der Waals surface area contributed by atoms with Gasteiger partial charge in [-0.2, -0.15) is 9.50 Å². The molecule has 7 heteroatoms. The number of fused-ring (bicyclic) bond motifs is 1. The molecule has 4 aromatic rings. The van der Waals surface area contributed by atoms with Crippen LogP contribution >= 0.6 is 11.3 Å². The van der Waals surface area contributed by atoms with Crippen molar-refractivity contribution in [3.63, 3.8) is 0 Å². The van der Waals surface area contributed by atoms with Crippen LogP contribution in [0.25, 0.3) is 22.4 Å². The van der Waals surface area contributed by atoms with Gasteiger partial charge >= 0.3 is 0 Å². The molecule has 0 bridgehead atoms. The monoisotopic (exact) mass is 379 g/mol. The van der Waals surface area contributed by atoms with Gasteiger partial charge in [-0.25, -0.2) is 0 Å². The summed E-state index contributed by atoms with van der Waals surface area (Å²) in [7, 11) is 3.17. The fourth-order valence-corrected chi connectivity index (χ4v) is 3.66. The molecule has 27 heavy (non-hydrogen) atoms. The van der Waals surface area contributed by atoms with Gasteiger partial charge in [0, 0.05) is 5.56 Å². The molecule has 0 N–H and O–H groups in total. The zero-order valence-electron chi connectivity index (χ0n) is 15.1. The second-order valence-corrected chi connectivity index (χ2v) is 7.04. The Bertz CT molecular complexity index is 1230. The minimum absolute atomic E-state index is 0.185. The predicted molar refractivity (Wildman–Crippen MR) is 106 cm³/mol. The minimum atomic E-state index is -0.185. The topological polar surface area (TPSA) is 65.7 Å². The molecule has 0 aliphatic carbocycles. The second kappa shape index (κ2) is 6.85. The average Bonchev–Trinajstić information content (AvgIpc) is 3.22. The molecule has 0 fully saturated rings. The average molecular weight is 379 g/mol. The number of thiazole rings is 1. The molecule has 4 rings (SSSR count). The molecular formula is C20H17N3O3S. The molecule has 0 unspecified atom stereocenters. The highest BCUT2D eigenvalue weighted by atomic mass is 32.1. The molecule has 0 amide bonds. The van der Waals surface area contributed by atoms with Gasteiger partial charge in [-0.1, -0.05) is 47.2 Å². The van der Waals surface area contributed by atoms with E-state index in [2.05, 4.69) is 10.1 Å². The molecule has 0 aliphatic heterocycles. The van der Waals surface area contributed by atoms with Crippen LogP contribution in [0.4, 0.5) is 0 Å². The van der Waals surface area contributed by atoms with E-state index in [0.29, 0.717) is 26.8 Å². The Morgan fingerprint density at radius 3 is 2.44 bits per heavy atom. The summed E-state index contributed by atoms with van der Waals surface area (Å²) in [5, 5.41) is 4.37. The summed E-state index contributed by atoms with van der Waals surface area (Å²) in [6, 6.07) is 13.4. The normalized spacial score (nSPS) is 11.9. The first-order valence-corrected chi connectivity index (χ1v) is 9.11. The number of aryl methyl sites for hydroxylation is 1. The molecule has 2 aromatic heterocycles. The number of methoxy groups -OCH3 is 2. The van der Waals surface area contributed by atoms with Crippen LogP contribution in [-0.4, -0.2) is 28.8 Å². The maximum Gasteiger partial charge on any atom is 0.291 e. The molecule has 0 aliphatic rings. The Morgan fingerprint density at radius 1 is 1.04 bits per heavy atom. The summed E-state index contributed by atoms with van der Waals surface area (Å²) in [5.74, 6) is 1.80. The summed E-state index contributed by atoms with van der Waals surface area (Å²) in [6.07, 6.45) is 1.80. The Kier molecular flexibility index (Phi) is 4.37. The molecule has 0 spiro atoms. The van der Waals surface area contributed by atoms with Gasteiger partial charge in [-0.05, 0) is 30.7 Å². The molecular weight excluding hydrogens is 362 g/mol. The van der Waals surface area contributed by atoms with Crippen molar-refractivity contribution in [3.05, 3.63) is 68.5 Å². The highest BCUT2D eigenvalue weighted by Gasteiger charge is 2.12. The lowest BCUT2D eigenvalue weighted by Gasteiger charge is -2.07. The van der Waals surface area contributed by atoms with Gasteiger partial charge in [0.25, 0.3) is 5.56 Å². The van der Waals surface area contributed by atoms with Crippen LogP contribution in [0.1, 0.15) is 11.1 Å². The van der Waals surface area contributed by atoms with Crippen molar-refractivity contribution in [3.8, 4) is 22.9 Å². The number of nitrogens with zero attached hydrogens (tertiary/aromatic N) is 3. The highest BCUT2D eigenvalue weighted by Crippen LogP contribution is 2.27. The molecule has 2 heterocycles. The van der Waals surface area contributed by atoms with Gasteiger partial charge < -0.3 is 9.47 Å². The molecule has 0 saturated carbocycles. The van der Waals surface area contributed by atoms with Crippen LogP contribution in [0, 0.1) is 6.92 Å². The van der Waals surface area contributed by atoms with E-state index in [1.165, 1.54) is 15.9 Å². The van der Waals surface area contributed by atoms with Crippen LogP contribution in [-0.2, 0) is 0 Å². The van der Waals surface area contributed by atoms with Crippen LogP contribution in [0.5, 0.6) is 11.5 Å². The van der Waals surface area contributed by atoms with E-state index in [-0.39, 0.29) is 5.56 Å². The van der Waals surface area contributed by atoms with Crippen LogP contribution in [0.2, 0.25) is 0 Å². The number of rotatable bonds is 4. The van der Waals surface area contributed by atoms with Crippen molar-refractivity contribution in [1.29, 1.82) is 0 Å². The third kappa shape index (κ3) is 3.17. The molecule has 6 nitrogen and oxygen atoms in total. The Labute approximate surface area is 159 Å². The predicted octanol–water partition coefficient (Wildman–Crippen LogP) is 2.69. The van der Waals surface area contributed by atoms with Crippen molar-refractivity contribution in [1.82, 2.24) is 14.6 Å². The minimum Gasteiger partial charge on any atom is -0.493 e. The van der Waals surface area contributed by atoms with Crippen molar-refractivity contribution < 1.29 is 9.47 Å². The van der Waals surface area contributed by atoms with E-state index < -0.39 is 0 Å². The van der Waals surface area contributed by atoms with Gasteiger partial charge in [0.15, 0.2) is 17.3 Å². The third-order valence-corrected chi connectivity index (χ3v) is 5.16. The SMILES string of the molecule is COc1ccc(C=c2sc3nc(-c4ccc(C)cc4)nn3c2=O)cc1OC. The summed E-state index contributed by atoms with van der Waals surface area (Å²) >= 11 is 1.31. The fraction of sp³-hybridized carbons (Fsp3) is 0.150. The summed E-state index contributed by atoms with van der Waals surface area (Å²) in [4.78, 5) is 17.8. The summed E-state index contributed by atoms with van der Waals surface area (Å²) in [5.41, 5.74) is 2.71. The third-order valence-electron chi connectivity index (χ3n) is 4.20. The van der Waals surface area contributed by atoms with Crippen molar-refractivity contribution in [2.75, 3.05) is 14.2 Å². The number of aromatic nitrogens is 3. The number of hydrogen-bond donors (Lipinski definition) is 0. The van der Waals surface area contributed by atoms with Gasteiger partial charge in [0.05, 0.1) is 18.8 Å². The molecule has 0 atom stereocenters. The first kappa shape index (κ1) is 17.2. The quantitative estimate of drug-likeness (QED) is 0.545. The lowest BCUT2D eigenvalue weighted by atomic mass is 10.1. The van der Waals surface area contributed by atoms with E-state index >= 15 is 0 Å². The maximum absolute atomic E-state index is 12.7. The van der Waals surface area contributed by atoms with Crippen LogP contribution in [0.3, 0.4) is 0 Å². The number of benzene rings is 2.